The molecular formula is C16H17N. The molecule has 17 heavy (non-hydrogen) atoms. The van der Waals surface area contributed by atoms with Crippen molar-refractivity contribution in [2.45, 2.75) is 26.3 Å². The molecule has 2 aromatic rings. The van der Waals surface area contributed by atoms with Crippen LogP contribution >= 0.6 is 0 Å². The number of fused-ring (bicyclic) bond motifs is 1. The van der Waals surface area contributed by atoms with Crippen molar-refractivity contribution in [3.8, 4) is 0 Å². The number of hydrogen-bond acceptors (Lipinski definition) is 1. The molecule has 1 unspecified atom stereocenters. The monoisotopic (exact) mass is 223 g/mol. The minimum atomic E-state index is 0.437. The average Bonchev–Trinajstić information content (AvgIpc) is 2.72. The van der Waals surface area contributed by atoms with E-state index in [0.717, 1.165) is 6.42 Å². The van der Waals surface area contributed by atoms with Crippen molar-refractivity contribution in [3.63, 3.8) is 0 Å². The minimum absolute atomic E-state index is 0.437. The Morgan fingerprint density at radius 1 is 1.00 bits per heavy atom. The topological polar surface area (TPSA) is 12.0 Å². The van der Waals surface area contributed by atoms with Crippen LogP contribution in [0.2, 0.25) is 0 Å². The van der Waals surface area contributed by atoms with E-state index in [-0.39, 0.29) is 0 Å². The highest BCUT2D eigenvalue weighted by molar-refractivity contribution is 5.59. The Kier molecular flexibility index (Phi) is 2.40. The van der Waals surface area contributed by atoms with Gasteiger partial charge < -0.3 is 5.32 Å². The summed E-state index contributed by atoms with van der Waals surface area (Å²) in [6.07, 6.45) is 1.10. The zero-order valence-electron chi connectivity index (χ0n) is 10.3. The van der Waals surface area contributed by atoms with Crippen LogP contribution in [0.25, 0.3) is 0 Å². The molecule has 0 radical (unpaired) electrons. The van der Waals surface area contributed by atoms with Crippen LogP contribution in [0.15, 0.2) is 42.5 Å². The van der Waals surface area contributed by atoms with E-state index in [2.05, 4.69) is 61.6 Å². The molecular weight excluding hydrogens is 206 g/mol. The van der Waals surface area contributed by atoms with Gasteiger partial charge in [-0.05, 0) is 43.0 Å². The van der Waals surface area contributed by atoms with Gasteiger partial charge in [-0.25, -0.2) is 0 Å². The maximum absolute atomic E-state index is 3.62. The first-order valence-electron chi connectivity index (χ1n) is 6.15. The Labute approximate surface area is 102 Å². The van der Waals surface area contributed by atoms with Crippen LogP contribution in [0.1, 0.15) is 28.3 Å². The predicted molar refractivity (Wildman–Crippen MR) is 72.4 cm³/mol. The third-order valence-corrected chi connectivity index (χ3v) is 3.46. The molecule has 1 aliphatic rings. The van der Waals surface area contributed by atoms with Crippen LogP contribution < -0.4 is 5.32 Å². The fourth-order valence-corrected chi connectivity index (χ4v) is 2.55. The van der Waals surface area contributed by atoms with Gasteiger partial charge in [0.1, 0.15) is 0 Å². The first kappa shape index (κ1) is 10.4. The first-order valence-corrected chi connectivity index (χ1v) is 6.15. The lowest BCUT2D eigenvalue weighted by molar-refractivity contribution is 0.823. The third kappa shape index (κ3) is 1.93. The first-order chi connectivity index (χ1) is 8.22. The van der Waals surface area contributed by atoms with Crippen molar-refractivity contribution >= 4 is 5.69 Å². The number of hydrogen-bond donors (Lipinski definition) is 1. The highest BCUT2D eigenvalue weighted by Gasteiger charge is 2.21. The van der Waals surface area contributed by atoms with Crippen LogP contribution in [0.4, 0.5) is 5.69 Å². The molecule has 1 nitrogen and oxygen atoms in total. The Bertz CT molecular complexity index is 557. The van der Waals surface area contributed by atoms with E-state index in [1.165, 1.54) is 27.9 Å². The van der Waals surface area contributed by atoms with E-state index in [0.29, 0.717) is 6.04 Å². The van der Waals surface area contributed by atoms with Crippen LogP contribution in [0.3, 0.4) is 0 Å². The molecule has 0 aromatic heterocycles. The van der Waals surface area contributed by atoms with Crippen molar-refractivity contribution in [1.29, 1.82) is 0 Å². The number of nitrogens with one attached hydrogen (secondary N) is 1. The molecule has 0 amide bonds. The van der Waals surface area contributed by atoms with Crippen molar-refractivity contribution in [2.75, 3.05) is 5.32 Å². The lowest BCUT2D eigenvalue weighted by Crippen LogP contribution is -2.05. The largest absolute Gasteiger partial charge is 0.378 e. The molecule has 2 aromatic carbocycles. The molecule has 0 bridgehead atoms. The molecule has 1 aliphatic heterocycles. The smallest absolute Gasteiger partial charge is 0.0555 e. The van der Waals surface area contributed by atoms with Crippen molar-refractivity contribution in [1.82, 2.24) is 0 Å². The number of rotatable bonds is 1. The Morgan fingerprint density at radius 2 is 1.82 bits per heavy atom. The fourth-order valence-electron chi connectivity index (χ4n) is 2.55. The zero-order chi connectivity index (χ0) is 11.8. The Hall–Kier alpha value is -1.76. The summed E-state index contributed by atoms with van der Waals surface area (Å²) < 4.78 is 0. The zero-order valence-corrected chi connectivity index (χ0v) is 10.3. The third-order valence-electron chi connectivity index (χ3n) is 3.46. The average molecular weight is 223 g/mol. The highest BCUT2D eigenvalue weighted by Crippen LogP contribution is 2.34. The summed E-state index contributed by atoms with van der Waals surface area (Å²) in [7, 11) is 0. The van der Waals surface area contributed by atoms with Crippen LogP contribution in [0, 0.1) is 13.8 Å². The summed E-state index contributed by atoms with van der Waals surface area (Å²) in [5, 5.41) is 3.62. The van der Waals surface area contributed by atoms with Crippen molar-refractivity contribution < 1.29 is 0 Å². The molecule has 86 valence electrons. The van der Waals surface area contributed by atoms with Gasteiger partial charge in [0.05, 0.1) is 6.04 Å². The molecule has 0 spiro atoms. The number of benzene rings is 2. The van der Waals surface area contributed by atoms with Gasteiger partial charge in [-0.1, -0.05) is 42.0 Å². The molecule has 1 heterocycles. The van der Waals surface area contributed by atoms with Gasteiger partial charge in [-0.2, -0.15) is 0 Å². The molecule has 1 atom stereocenters. The van der Waals surface area contributed by atoms with Crippen LogP contribution in [-0.2, 0) is 6.42 Å². The maximum atomic E-state index is 3.62. The van der Waals surface area contributed by atoms with Gasteiger partial charge in [0.25, 0.3) is 0 Å². The van der Waals surface area contributed by atoms with E-state index in [1.807, 2.05) is 0 Å². The second-order valence-corrected chi connectivity index (χ2v) is 4.98. The molecule has 1 N–H and O–H groups in total. The summed E-state index contributed by atoms with van der Waals surface area (Å²) in [6.45, 7) is 4.29. The molecule has 0 saturated carbocycles. The van der Waals surface area contributed by atoms with Gasteiger partial charge >= 0.3 is 0 Å². The van der Waals surface area contributed by atoms with Gasteiger partial charge in [-0.15, -0.1) is 0 Å². The summed E-state index contributed by atoms with van der Waals surface area (Å²) >= 11 is 0. The number of anilines is 1. The van der Waals surface area contributed by atoms with E-state index in [4.69, 9.17) is 0 Å². The standard InChI is InChI=1S/C16H17N/c1-11-4-3-5-13(8-11)16-10-14-7-6-12(2)9-15(14)17-16/h3-9,16-17H,10H2,1-2H3. The van der Waals surface area contributed by atoms with Gasteiger partial charge in [-0.3, -0.25) is 0 Å². The van der Waals surface area contributed by atoms with Gasteiger partial charge in [0, 0.05) is 5.69 Å². The van der Waals surface area contributed by atoms with Gasteiger partial charge in [0.2, 0.25) is 0 Å². The molecule has 0 aliphatic carbocycles. The SMILES string of the molecule is Cc1cccc(C2Cc3ccc(C)cc3N2)c1. The summed E-state index contributed by atoms with van der Waals surface area (Å²) in [4.78, 5) is 0. The van der Waals surface area contributed by atoms with E-state index in [9.17, 15) is 0 Å². The van der Waals surface area contributed by atoms with E-state index >= 15 is 0 Å². The fraction of sp³-hybridized carbons (Fsp3) is 0.250. The molecule has 3 rings (SSSR count). The minimum Gasteiger partial charge on any atom is -0.378 e. The number of aryl methyl sites for hydroxylation is 2. The lowest BCUT2D eigenvalue weighted by atomic mass is 10.0. The normalized spacial score (nSPS) is 17.6. The van der Waals surface area contributed by atoms with Gasteiger partial charge in [0.15, 0.2) is 0 Å². The summed E-state index contributed by atoms with van der Waals surface area (Å²) in [5.74, 6) is 0. The predicted octanol–water partition coefficient (Wildman–Crippen LogP) is 4.01. The van der Waals surface area contributed by atoms with Crippen LogP contribution in [0.5, 0.6) is 0 Å². The summed E-state index contributed by atoms with van der Waals surface area (Å²) in [5.41, 5.74) is 6.77. The Balaban J connectivity index is 1.91. The van der Waals surface area contributed by atoms with Crippen molar-refractivity contribution in [2.24, 2.45) is 0 Å². The maximum Gasteiger partial charge on any atom is 0.0555 e. The second kappa shape index (κ2) is 3.92. The van der Waals surface area contributed by atoms with E-state index < -0.39 is 0 Å². The summed E-state index contributed by atoms with van der Waals surface area (Å²) in [6, 6.07) is 15.9. The molecule has 0 fully saturated rings. The van der Waals surface area contributed by atoms with E-state index in [1.54, 1.807) is 0 Å². The van der Waals surface area contributed by atoms with Crippen LogP contribution in [-0.4, -0.2) is 0 Å². The quantitative estimate of drug-likeness (QED) is 0.770. The second-order valence-electron chi connectivity index (χ2n) is 4.98. The molecule has 0 saturated heterocycles. The van der Waals surface area contributed by atoms with Crippen molar-refractivity contribution in [3.05, 3.63) is 64.7 Å². The highest BCUT2D eigenvalue weighted by atomic mass is 14.9. The molecule has 1 heteroatoms. The lowest BCUT2D eigenvalue weighted by Gasteiger charge is -2.12. The Morgan fingerprint density at radius 3 is 2.65 bits per heavy atom.